The van der Waals surface area contributed by atoms with E-state index >= 15 is 0 Å². The molecule has 0 atom stereocenters. The van der Waals surface area contributed by atoms with Crippen molar-refractivity contribution in [1.82, 2.24) is 4.98 Å². The number of nitrogen functional groups attached to an aromatic ring is 1. The van der Waals surface area contributed by atoms with Gasteiger partial charge in [-0.2, -0.15) is 26.3 Å². The summed E-state index contributed by atoms with van der Waals surface area (Å²) in [5.74, 6) is -0.844. The van der Waals surface area contributed by atoms with Gasteiger partial charge in [0.25, 0.3) is 6.10 Å². The topological polar surface area (TPSA) is 48.1 Å². The van der Waals surface area contributed by atoms with E-state index in [0.717, 1.165) is 12.3 Å². The largest absolute Gasteiger partial charge is 0.454 e. The number of hydrogen-bond acceptors (Lipinski definition) is 3. The maximum Gasteiger partial charge on any atom is 0.434 e. The third-order valence-corrected chi connectivity index (χ3v) is 2.22. The van der Waals surface area contributed by atoms with E-state index in [2.05, 4.69) is 25.7 Å². The van der Waals surface area contributed by atoms with Gasteiger partial charge >= 0.3 is 12.4 Å². The monoisotopic (exact) mass is 338 g/mol. The number of pyridine rings is 1. The van der Waals surface area contributed by atoms with E-state index in [4.69, 9.17) is 5.73 Å². The van der Waals surface area contributed by atoms with Crippen molar-refractivity contribution in [3.8, 4) is 5.88 Å². The summed E-state index contributed by atoms with van der Waals surface area (Å²) in [6, 6.07) is 1.08. The molecule has 0 aliphatic heterocycles. The standard InChI is InChI=1S/C8H5BrF6N2O/c9-4-1-3(16)2-17-5(4)18-6(7(10,11)12)8(13,14)15/h1-2,6H,16H2. The molecular weight excluding hydrogens is 334 g/mol. The van der Waals surface area contributed by atoms with Crippen molar-refractivity contribution in [2.75, 3.05) is 5.73 Å². The molecule has 0 amide bonds. The maximum absolute atomic E-state index is 12.2. The Morgan fingerprint density at radius 3 is 2.06 bits per heavy atom. The number of anilines is 1. The van der Waals surface area contributed by atoms with Crippen LogP contribution in [0.3, 0.4) is 0 Å². The molecule has 0 bridgehead atoms. The number of rotatable bonds is 2. The lowest BCUT2D eigenvalue weighted by atomic mass is 10.3. The molecule has 1 heterocycles. The van der Waals surface area contributed by atoms with Crippen molar-refractivity contribution in [2.45, 2.75) is 18.5 Å². The molecule has 0 radical (unpaired) electrons. The SMILES string of the molecule is Nc1cnc(OC(C(F)(F)F)C(F)(F)F)c(Br)c1. The molecule has 2 N–H and O–H groups in total. The number of halogens is 7. The molecular formula is C8H5BrF6N2O. The molecule has 0 spiro atoms. The van der Waals surface area contributed by atoms with Crippen LogP contribution in [0.5, 0.6) is 5.88 Å². The highest BCUT2D eigenvalue weighted by atomic mass is 79.9. The summed E-state index contributed by atoms with van der Waals surface area (Å²) in [5, 5.41) is 0. The van der Waals surface area contributed by atoms with Gasteiger partial charge in [-0.25, -0.2) is 4.98 Å². The van der Waals surface area contributed by atoms with Crippen molar-refractivity contribution < 1.29 is 31.1 Å². The predicted octanol–water partition coefficient (Wildman–Crippen LogP) is 3.30. The molecule has 10 heteroatoms. The minimum atomic E-state index is -5.60. The zero-order valence-electron chi connectivity index (χ0n) is 8.31. The molecule has 0 saturated heterocycles. The molecule has 0 aromatic carbocycles. The Morgan fingerprint density at radius 2 is 1.67 bits per heavy atom. The van der Waals surface area contributed by atoms with Crippen molar-refractivity contribution in [3.05, 3.63) is 16.7 Å². The summed E-state index contributed by atoms with van der Waals surface area (Å²) in [6.07, 6.45) is -14.3. The summed E-state index contributed by atoms with van der Waals surface area (Å²) < 4.78 is 76.9. The predicted molar refractivity (Wildman–Crippen MR) is 52.9 cm³/mol. The molecule has 0 saturated carbocycles. The van der Waals surface area contributed by atoms with Crippen LogP contribution in [-0.2, 0) is 0 Å². The van der Waals surface area contributed by atoms with Gasteiger partial charge < -0.3 is 10.5 Å². The van der Waals surface area contributed by atoms with Crippen LogP contribution < -0.4 is 10.5 Å². The number of ether oxygens (including phenoxy) is 1. The number of alkyl halides is 6. The van der Waals surface area contributed by atoms with Crippen LogP contribution in [0.1, 0.15) is 0 Å². The average molecular weight is 339 g/mol. The normalized spacial score (nSPS) is 12.9. The van der Waals surface area contributed by atoms with Crippen LogP contribution in [0.4, 0.5) is 32.0 Å². The second kappa shape index (κ2) is 4.82. The summed E-state index contributed by atoms with van der Waals surface area (Å²) in [4.78, 5) is 3.25. The van der Waals surface area contributed by atoms with Crippen molar-refractivity contribution in [1.29, 1.82) is 0 Å². The third kappa shape index (κ3) is 3.65. The van der Waals surface area contributed by atoms with E-state index in [1.807, 2.05) is 0 Å². The zero-order valence-corrected chi connectivity index (χ0v) is 9.90. The van der Waals surface area contributed by atoms with Crippen molar-refractivity contribution in [2.24, 2.45) is 0 Å². The quantitative estimate of drug-likeness (QED) is 0.842. The molecule has 0 fully saturated rings. The highest BCUT2D eigenvalue weighted by Gasteiger charge is 2.59. The Kier molecular flexibility index (Phi) is 3.99. The van der Waals surface area contributed by atoms with Crippen LogP contribution in [0.2, 0.25) is 0 Å². The first-order valence-electron chi connectivity index (χ1n) is 4.23. The van der Waals surface area contributed by atoms with Crippen molar-refractivity contribution in [3.63, 3.8) is 0 Å². The molecule has 3 nitrogen and oxygen atoms in total. The highest BCUT2D eigenvalue weighted by molar-refractivity contribution is 9.10. The van der Waals surface area contributed by atoms with Crippen LogP contribution in [-0.4, -0.2) is 23.4 Å². The van der Waals surface area contributed by atoms with Crippen LogP contribution in [0, 0.1) is 0 Å². The molecule has 1 aromatic heterocycles. The summed E-state index contributed by atoms with van der Waals surface area (Å²) in [6.45, 7) is 0. The molecule has 0 aliphatic carbocycles. The van der Waals surface area contributed by atoms with E-state index in [1.54, 1.807) is 0 Å². The minimum absolute atomic E-state index is 0.0600. The smallest absolute Gasteiger partial charge is 0.434 e. The zero-order chi connectivity index (χ0) is 14.1. The van der Waals surface area contributed by atoms with Crippen LogP contribution in [0.15, 0.2) is 16.7 Å². The molecule has 1 aromatic rings. The van der Waals surface area contributed by atoms with E-state index in [-0.39, 0.29) is 10.2 Å². The van der Waals surface area contributed by atoms with Gasteiger partial charge in [-0.1, -0.05) is 0 Å². The van der Waals surface area contributed by atoms with Gasteiger partial charge in [0.2, 0.25) is 5.88 Å². The number of nitrogens with zero attached hydrogens (tertiary/aromatic N) is 1. The number of hydrogen-bond donors (Lipinski definition) is 1. The molecule has 102 valence electrons. The molecule has 18 heavy (non-hydrogen) atoms. The fraction of sp³-hybridized carbons (Fsp3) is 0.375. The molecule has 0 aliphatic rings. The number of nitrogens with two attached hydrogens (primary N) is 1. The third-order valence-electron chi connectivity index (χ3n) is 1.65. The van der Waals surface area contributed by atoms with Crippen LogP contribution >= 0.6 is 15.9 Å². The first-order chi connectivity index (χ1) is 8.01. The van der Waals surface area contributed by atoms with Gasteiger partial charge in [0.15, 0.2) is 0 Å². The molecule has 1 rings (SSSR count). The Bertz CT molecular complexity index is 419. The number of aromatic nitrogens is 1. The van der Waals surface area contributed by atoms with Crippen molar-refractivity contribution >= 4 is 21.6 Å². The summed E-state index contributed by atoms with van der Waals surface area (Å²) in [5.41, 5.74) is 5.30. The molecule has 0 unspecified atom stereocenters. The van der Waals surface area contributed by atoms with Crippen LogP contribution in [0.25, 0.3) is 0 Å². The Balaban J connectivity index is 3.05. The van der Waals surface area contributed by atoms with Gasteiger partial charge in [0.05, 0.1) is 16.4 Å². The van der Waals surface area contributed by atoms with Gasteiger partial charge in [0.1, 0.15) is 0 Å². The Morgan fingerprint density at radius 1 is 1.17 bits per heavy atom. The lowest BCUT2D eigenvalue weighted by Gasteiger charge is -2.23. The lowest BCUT2D eigenvalue weighted by Crippen LogP contribution is -2.46. The summed E-state index contributed by atoms with van der Waals surface area (Å²) >= 11 is 2.71. The average Bonchev–Trinajstić information content (AvgIpc) is 2.12. The maximum atomic E-state index is 12.2. The van der Waals surface area contributed by atoms with Gasteiger partial charge in [-0.15, -0.1) is 0 Å². The van der Waals surface area contributed by atoms with E-state index in [0.29, 0.717) is 0 Å². The Labute approximate surface area is 105 Å². The highest BCUT2D eigenvalue weighted by Crippen LogP contribution is 2.37. The van der Waals surface area contributed by atoms with E-state index < -0.39 is 24.3 Å². The van der Waals surface area contributed by atoms with Gasteiger partial charge in [-0.05, 0) is 22.0 Å². The minimum Gasteiger partial charge on any atom is -0.454 e. The Hall–Kier alpha value is -1.19. The second-order valence-electron chi connectivity index (χ2n) is 3.14. The fourth-order valence-corrected chi connectivity index (χ4v) is 1.42. The first kappa shape index (κ1) is 14.9. The fourth-order valence-electron chi connectivity index (χ4n) is 0.958. The van der Waals surface area contributed by atoms with Gasteiger partial charge in [-0.3, -0.25) is 0 Å². The summed E-state index contributed by atoms with van der Waals surface area (Å²) in [7, 11) is 0. The van der Waals surface area contributed by atoms with Gasteiger partial charge in [0, 0.05) is 0 Å². The first-order valence-corrected chi connectivity index (χ1v) is 5.02. The second-order valence-corrected chi connectivity index (χ2v) is 3.99. The lowest BCUT2D eigenvalue weighted by molar-refractivity contribution is -0.300. The van der Waals surface area contributed by atoms with E-state index in [9.17, 15) is 26.3 Å². The van der Waals surface area contributed by atoms with E-state index in [1.165, 1.54) is 0 Å².